The third kappa shape index (κ3) is 2.94. The third-order valence-corrected chi connectivity index (χ3v) is 3.62. The van der Waals surface area contributed by atoms with Crippen LogP contribution >= 0.6 is 0 Å². The number of aliphatic carboxylic acids is 1. The second-order valence-electron chi connectivity index (χ2n) is 5.12. The summed E-state index contributed by atoms with van der Waals surface area (Å²) in [5, 5.41) is 15.7. The summed E-state index contributed by atoms with van der Waals surface area (Å²) in [4.78, 5) is 22.5. The van der Waals surface area contributed by atoms with E-state index in [-0.39, 0.29) is 11.8 Å². The Kier molecular flexibility index (Phi) is 3.43. The Morgan fingerprint density at radius 1 is 1.29 bits per heavy atom. The molecule has 2 N–H and O–H groups in total. The zero-order chi connectivity index (χ0) is 14.8. The van der Waals surface area contributed by atoms with Gasteiger partial charge < -0.3 is 10.4 Å². The van der Waals surface area contributed by atoms with Crippen LogP contribution in [0.3, 0.4) is 0 Å². The molecule has 0 radical (unpaired) electrons. The van der Waals surface area contributed by atoms with Gasteiger partial charge in [0, 0.05) is 18.9 Å². The van der Waals surface area contributed by atoms with Crippen LogP contribution in [0.2, 0.25) is 0 Å². The molecule has 1 aliphatic rings. The highest BCUT2D eigenvalue weighted by atomic mass is 16.4. The van der Waals surface area contributed by atoms with Crippen LogP contribution in [0.15, 0.2) is 42.7 Å². The molecule has 1 aliphatic carbocycles. The monoisotopic (exact) mass is 285 g/mol. The predicted octanol–water partition coefficient (Wildman–Crippen LogP) is 1.21. The molecule has 0 saturated heterocycles. The summed E-state index contributed by atoms with van der Waals surface area (Å²) in [7, 11) is 0. The van der Waals surface area contributed by atoms with E-state index in [0.29, 0.717) is 13.0 Å². The minimum absolute atomic E-state index is 0.182. The Hall–Kier alpha value is -2.63. The number of nitrogens with one attached hydrogen (secondary N) is 1. The Morgan fingerprint density at radius 2 is 2.05 bits per heavy atom. The summed E-state index contributed by atoms with van der Waals surface area (Å²) in [6, 6.07) is 9.53. The molecule has 6 nitrogen and oxygen atoms in total. The molecule has 0 unspecified atom stereocenters. The molecule has 1 saturated carbocycles. The zero-order valence-electron chi connectivity index (χ0n) is 11.3. The van der Waals surface area contributed by atoms with Crippen LogP contribution in [0.4, 0.5) is 0 Å². The summed E-state index contributed by atoms with van der Waals surface area (Å²) >= 11 is 0. The van der Waals surface area contributed by atoms with Crippen molar-refractivity contribution in [2.24, 2.45) is 11.8 Å². The maximum absolute atomic E-state index is 11.8. The Labute approximate surface area is 121 Å². The van der Waals surface area contributed by atoms with Gasteiger partial charge in [0.1, 0.15) is 0 Å². The van der Waals surface area contributed by atoms with Gasteiger partial charge in [0.15, 0.2) is 0 Å². The number of rotatable bonds is 5. The second-order valence-corrected chi connectivity index (χ2v) is 5.12. The highest BCUT2D eigenvalue weighted by molar-refractivity contribution is 5.89. The van der Waals surface area contributed by atoms with Crippen molar-refractivity contribution in [1.29, 1.82) is 0 Å². The summed E-state index contributed by atoms with van der Waals surface area (Å²) < 4.78 is 1.75. The maximum Gasteiger partial charge on any atom is 0.307 e. The van der Waals surface area contributed by atoms with Crippen LogP contribution in [0, 0.1) is 11.8 Å². The highest BCUT2D eigenvalue weighted by Crippen LogP contribution is 2.38. The van der Waals surface area contributed by atoms with E-state index in [1.165, 1.54) is 0 Å². The van der Waals surface area contributed by atoms with E-state index in [0.717, 1.165) is 11.3 Å². The summed E-state index contributed by atoms with van der Waals surface area (Å²) in [6.07, 6.45) is 4.01. The number of carbonyl (C=O) groups excluding carboxylic acids is 1. The van der Waals surface area contributed by atoms with E-state index < -0.39 is 11.9 Å². The lowest BCUT2D eigenvalue weighted by Gasteiger charge is -2.06. The molecule has 1 aromatic heterocycles. The van der Waals surface area contributed by atoms with E-state index >= 15 is 0 Å². The fourth-order valence-corrected chi connectivity index (χ4v) is 2.27. The van der Waals surface area contributed by atoms with Crippen LogP contribution < -0.4 is 5.32 Å². The lowest BCUT2D eigenvalue weighted by molar-refractivity contribution is -0.140. The van der Waals surface area contributed by atoms with Gasteiger partial charge in [-0.25, -0.2) is 4.68 Å². The number of carboxylic acid groups (broad SMARTS) is 1. The van der Waals surface area contributed by atoms with Crippen LogP contribution in [0.1, 0.15) is 12.0 Å². The van der Waals surface area contributed by atoms with Crippen molar-refractivity contribution in [3.05, 3.63) is 48.3 Å². The molecule has 0 aliphatic heterocycles. The molecule has 0 spiro atoms. The average molecular weight is 285 g/mol. The van der Waals surface area contributed by atoms with Gasteiger partial charge in [0.05, 0.1) is 17.5 Å². The SMILES string of the molecule is O=C(O)[C@H]1C[C@H]1C(=O)NCc1ccc(-n2cccn2)cc1. The second kappa shape index (κ2) is 5.40. The third-order valence-electron chi connectivity index (χ3n) is 3.62. The number of hydrogen-bond acceptors (Lipinski definition) is 3. The maximum atomic E-state index is 11.8. The van der Waals surface area contributed by atoms with Crippen molar-refractivity contribution in [3.63, 3.8) is 0 Å². The van der Waals surface area contributed by atoms with Crippen molar-refractivity contribution < 1.29 is 14.7 Å². The van der Waals surface area contributed by atoms with Crippen molar-refractivity contribution in [2.45, 2.75) is 13.0 Å². The molecule has 3 rings (SSSR count). The zero-order valence-corrected chi connectivity index (χ0v) is 11.3. The molecule has 6 heteroatoms. The summed E-state index contributed by atoms with van der Waals surface area (Å²) in [6.45, 7) is 0.404. The Morgan fingerprint density at radius 3 is 2.62 bits per heavy atom. The predicted molar refractivity (Wildman–Crippen MR) is 74.6 cm³/mol. The number of carboxylic acids is 1. The minimum Gasteiger partial charge on any atom is -0.481 e. The molecule has 1 aromatic carbocycles. The lowest BCUT2D eigenvalue weighted by Crippen LogP contribution is -2.25. The van der Waals surface area contributed by atoms with Gasteiger partial charge >= 0.3 is 5.97 Å². The fraction of sp³-hybridized carbons (Fsp3) is 0.267. The molecule has 2 atom stereocenters. The van der Waals surface area contributed by atoms with Crippen LogP contribution in [-0.2, 0) is 16.1 Å². The first-order valence-corrected chi connectivity index (χ1v) is 6.74. The van der Waals surface area contributed by atoms with Crippen molar-refractivity contribution in [1.82, 2.24) is 15.1 Å². The van der Waals surface area contributed by atoms with Gasteiger partial charge in [-0.15, -0.1) is 0 Å². The van der Waals surface area contributed by atoms with Crippen LogP contribution in [0.5, 0.6) is 0 Å². The van der Waals surface area contributed by atoms with Crippen molar-refractivity contribution >= 4 is 11.9 Å². The number of nitrogens with zero attached hydrogens (tertiary/aromatic N) is 2. The van der Waals surface area contributed by atoms with Crippen LogP contribution in [-0.4, -0.2) is 26.8 Å². The quantitative estimate of drug-likeness (QED) is 0.864. The summed E-state index contributed by atoms with van der Waals surface area (Å²) in [5.41, 5.74) is 1.91. The first-order valence-electron chi connectivity index (χ1n) is 6.74. The van der Waals surface area contributed by atoms with Gasteiger partial charge in [-0.3, -0.25) is 9.59 Å². The van der Waals surface area contributed by atoms with E-state index in [1.54, 1.807) is 10.9 Å². The van der Waals surface area contributed by atoms with Crippen molar-refractivity contribution in [2.75, 3.05) is 0 Å². The number of hydrogen-bond donors (Lipinski definition) is 2. The van der Waals surface area contributed by atoms with Gasteiger partial charge in [-0.1, -0.05) is 12.1 Å². The molecule has 108 valence electrons. The van der Waals surface area contributed by atoms with Gasteiger partial charge in [0.2, 0.25) is 5.91 Å². The Balaban J connectivity index is 1.54. The van der Waals surface area contributed by atoms with Gasteiger partial charge in [0.25, 0.3) is 0 Å². The number of carbonyl (C=O) groups is 2. The topological polar surface area (TPSA) is 84.2 Å². The van der Waals surface area contributed by atoms with Gasteiger partial charge in [-0.2, -0.15) is 5.10 Å². The Bertz CT molecular complexity index is 649. The highest BCUT2D eigenvalue weighted by Gasteiger charge is 2.48. The van der Waals surface area contributed by atoms with Gasteiger partial charge in [-0.05, 0) is 30.2 Å². The number of benzene rings is 1. The van der Waals surface area contributed by atoms with Crippen molar-refractivity contribution in [3.8, 4) is 5.69 Å². The number of amides is 1. The molecule has 2 aromatic rings. The fourth-order valence-electron chi connectivity index (χ4n) is 2.27. The largest absolute Gasteiger partial charge is 0.481 e. The first-order chi connectivity index (χ1) is 10.1. The first kappa shape index (κ1) is 13.4. The lowest BCUT2D eigenvalue weighted by atomic mass is 10.2. The molecule has 1 fully saturated rings. The minimum atomic E-state index is -0.890. The molecule has 1 heterocycles. The van der Waals surface area contributed by atoms with Crippen LogP contribution in [0.25, 0.3) is 5.69 Å². The smallest absolute Gasteiger partial charge is 0.307 e. The molecule has 0 bridgehead atoms. The summed E-state index contributed by atoms with van der Waals surface area (Å²) in [5.74, 6) is -1.95. The van der Waals surface area contributed by atoms with E-state index in [9.17, 15) is 9.59 Å². The normalized spacial score (nSPS) is 20.0. The van der Waals surface area contributed by atoms with E-state index in [4.69, 9.17) is 5.11 Å². The molecular weight excluding hydrogens is 270 g/mol. The number of aromatic nitrogens is 2. The standard InChI is InChI=1S/C15H15N3O3/c19-14(12-8-13(12)15(20)21)16-9-10-2-4-11(5-3-10)18-7-1-6-17-18/h1-7,12-13H,8-9H2,(H,16,19)(H,20,21)/t12-,13+/m1/s1. The van der Waals surface area contributed by atoms with E-state index in [2.05, 4.69) is 10.4 Å². The molecule has 1 amide bonds. The molecular formula is C15H15N3O3. The molecule has 21 heavy (non-hydrogen) atoms. The van der Waals surface area contributed by atoms with E-state index in [1.807, 2.05) is 36.5 Å². The average Bonchev–Trinajstić information content (AvgIpc) is 3.12.